The van der Waals surface area contributed by atoms with E-state index in [9.17, 15) is 9.59 Å². The fourth-order valence-corrected chi connectivity index (χ4v) is 3.29. The van der Waals surface area contributed by atoms with Gasteiger partial charge in [0.1, 0.15) is 12.4 Å². The molecule has 3 aromatic rings. The number of carbonyl (C=O) groups is 2. The monoisotopic (exact) mass is 460 g/mol. The highest BCUT2D eigenvalue weighted by Crippen LogP contribution is 2.27. The molecule has 0 heterocycles. The SMILES string of the molecule is C=CCOc1ccc(C(=O)Nc2ccccc2C(=O)NCCc2ccc(OC)c(OC)c2)cc1. The Bertz CT molecular complexity index is 1140. The van der Waals surface area contributed by atoms with Crippen molar-refractivity contribution in [2.45, 2.75) is 6.42 Å². The smallest absolute Gasteiger partial charge is 0.255 e. The molecule has 0 aliphatic heterocycles. The predicted octanol–water partition coefficient (Wildman–Crippen LogP) is 4.49. The van der Waals surface area contributed by atoms with Crippen LogP contribution in [0, 0.1) is 0 Å². The molecule has 3 aromatic carbocycles. The maximum atomic E-state index is 12.8. The number of carbonyl (C=O) groups excluding carboxylic acids is 2. The molecule has 7 nitrogen and oxygen atoms in total. The number of nitrogens with one attached hydrogen (secondary N) is 2. The summed E-state index contributed by atoms with van der Waals surface area (Å²) < 4.78 is 16.0. The lowest BCUT2D eigenvalue weighted by Gasteiger charge is -2.13. The van der Waals surface area contributed by atoms with Crippen LogP contribution < -0.4 is 24.8 Å². The van der Waals surface area contributed by atoms with Crippen molar-refractivity contribution in [1.29, 1.82) is 0 Å². The second-order valence-electron chi connectivity index (χ2n) is 7.32. The van der Waals surface area contributed by atoms with Crippen molar-refractivity contribution in [1.82, 2.24) is 5.32 Å². The van der Waals surface area contributed by atoms with Gasteiger partial charge in [-0.15, -0.1) is 0 Å². The molecule has 0 bridgehead atoms. The van der Waals surface area contributed by atoms with Gasteiger partial charge in [-0.25, -0.2) is 0 Å². The van der Waals surface area contributed by atoms with Crippen LogP contribution in [0.2, 0.25) is 0 Å². The first-order valence-corrected chi connectivity index (χ1v) is 10.8. The van der Waals surface area contributed by atoms with Gasteiger partial charge in [0.05, 0.1) is 25.5 Å². The van der Waals surface area contributed by atoms with Crippen LogP contribution in [0.5, 0.6) is 17.2 Å². The topological polar surface area (TPSA) is 85.9 Å². The van der Waals surface area contributed by atoms with Crippen LogP contribution in [0.25, 0.3) is 0 Å². The Hall–Kier alpha value is -4.26. The molecular formula is C27H28N2O5. The Morgan fingerprint density at radius 1 is 0.912 bits per heavy atom. The van der Waals surface area contributed by atoms with Crippen molar-refractivity contribution in [2.75, 3.05) is 32.7 Å². The van der Waals surface area contributed by atoms with Crippen molar-refractivity contribution in [3.05, 3.63) is 96.1 Å². The summed E-state index contributed by atoms with van der Waals surface area (Å²) in [6.45, 7) is 4.42. The van der Waals surface area contributed by atoms with E-state index in [1.54, 1.807) is 68.8 Å². The van der Waals surface area contributed by atoms with Crippen LogP contribution in [0.3, 0.4) is 0 Å². The second-order valence-corrected chi connectivity index (χ2v) is 7.32. The second kappa shape index (κ2) is 12.1. The summed E-state index contributed by atoms with van der Waals surface area (Å²) in [6.07, 6.45) is 2.26. The number of hydrogen-bond donors (Lipinski definition) is 2. The number of rotatable bonds is 11. The van der Waals surface area contributed by atoms with Gasteiger partial charge in [0.15, 0.2) is 11.5 Å². The molecule has 0 aromatic heterocycles. The summed E-state index contributed by atoms with van der Waals surface area (Å²) in [6, 6.07) is 19.3. The van der Waals surface area contributed by atoms with Crippen molar-refractivity contribution in [3.63, 3.8) is 0 Å². The summed E-state index contributed by atoms with van der Waals surface area (Å²) in [5.41, 5.74) is 2.27. The molecule has 34 heavy (non-hydrogen) atoms. The first-order valence-electron chi connectivity index (χ1n) is 10.8. The van der Waals surface area contributed by atoms with Gasteiger partial charge >= 0.3 is 0 Å². The van der Waals surface area contributed by atoms with E-state index in [-0.39, 0.29) is 11.8 Å². The van der Waals surface area contributed by atoms with Gasteiger partial charge in [-0.2, -0.15) is 0 Å². The lowest BCUT2D eigenvalue weighted by Crippen LogP contribution is -2.27. The minimum atomic E-state index is -0.319. The van der Waals surface area contributed by atoms with E-state index < -0.39 is 0 Å². The molecule has 176 valence electrons. The molecular weight excluding hydrogens is 432 g/mol. The third-order valence-corrected chi connectivity index (χ3v) is 5.05. The van der Waals surface area contributed by atoms with E-state index in [4.69, 9.17) is 14.2 Å². The Morgan fingerprint density at radius 3 is 2.35 bits per heavy atom. The van der Waals surface area contributed by atoms with Gasteiger partial charge in [-0.05, 0) is 60.5 Å². The Kier molecular flexibility index (Phi) is 8.68. The van der Waals surface area contributed by atoms with E-state index in [0.717, 1.165) is 5.56 Å². The number of benzene rings is 3. The average Bonchev–Trinajstić information content (AvgIpc) is 2.87. The van der Waals surface area contributed by atoms with Gasteiger partial charge in [-0.3, -0.25) is 9.59 Å². The zero-order chi connectivity index (χ0) is 24.3. The number of methoxy groups -OCH3 is 2. The fraction of sp³-hybridized carbons (Fsp3) is 0.185. The molecule has 3 rings (SSSR count). The van der Waals surface area contributed by atoms with Crippen molar-refractivity contribution >= 4 is 17.5 Å². The molecule has 7 heteroatoms. The molecule has 0 radical (unpaired) electrons. The number of amides is 2. The predicted molar refractivity (Wildman–Crippen MR) is 132 cm³/mol. The number of anilines is 1. The first-order chi connectivity index (χ1) is 16.5. The van der Waals surface area contributed by atoms with Crippen LogP contribution in [-0.2, 0) is 6.42 Å². The summed E-state index contributed by atoms with van der Waals surface area (Å²) in [5.74, 6) is 1.34. The van der Waals surface area contributed by atoms with Crippen molar-refractivity contribution < 1.29 is 23.8 Å². The minimum Gasteiger partial charge on any atom is -0.493 e. The number of hydrogen-bond acceptors (Lipinski definition) is 5. The minimum absolute atomic E-state index is 0.274. The van der Waals surface area contributed by atoms with Crippen LogP contribution in [0.1, 0.15) is 26.3 Å². The summed E-state index contributed by atoms with van der Waals surface area (Å²) >= 11 is 0. The van der Waals surface area contributed by atoms with Crippen molar-refractivity contribution in [3.8, 4) is 17.2 Å². The highest BCUT2D eigenvalue weighted by atomic mass is 16.5. The molecule has 0 saturated carbocycles. The summed E-state index contributed by atoms with van der Waals surface area (Å²) in [4.78, 5) is 25.5. The van der Waals surface area contributed by atoms with E-state index in [1.165, 1.54) is 0 Å². The molecule has 0 atom stereocenters. The molecule has 0 saturated heterocycles. The average molecular weight is 461 g/mol. The zero-order valence-corrected chi connectivity index (χ0v) is 19.3. The third-order valence-electron chi connectivity index (χ3n) is 5.05. The summed E-state index contributed by atoms with van der Waals surface area (Å²) in [7, 11) is 3.17. The Morgan fingerprint density at radius 2 is 1.65 bits per heavy atom. The van der Waals surface area contributed by atoms with Gasteiger partial charge in [0.25, 0.3) is 11.8 Å². The van der Waals surface area contributed by atoms with Crippen molar-refractivity contribution in [2.24, 2.45) is 0 Å². The Labute approximate surface area is 199 Å². The maximum Gasteiger partial charge on any atom is 0.255 e. The highest BCUT2D eigenvalue weighted by molar-refractivity contribution is 6.09. The third kappa shape index (κ3) is 6.38. The standard InChI is InChI=1S/C27H28N2O5/c1-4-17-34-21-12-10-20(11-13-21)26(30)29-23-8-6-5-7-22(23)27(31)28-16-15-19-9-14-24(32-2)25(18-19)33-3/h4-14,18H,1,15-17H2,2-3H3,(H,28,31)(H,29,30). The Balaban J connectivity index is 1.61. The van der Waals surface area contributed by atoms with E-state index >= 15 is 0 Å². The first kappa shape index (κ1) is 24.4. The molecule has 0 aliphatic rings. The molecule has 0 unspecified atom stereocenters. The van der Waals surface area contributed by atoms with Crippen LogP contribution >= 0.6 is 0 Å². The molecule has 0 fully saturated rings. The maximum absolute atomic E-state index is 12.8. The van der Waals surface area contributed by atoms with E-state index in [1.807, 2.05) is 18.2 Å². The van der Waals surface area contributed by atoms with E-state index in [2.05, 4.69) is 17.2 Å². The van der Waals surface area contributed by atoms with E-state index in [0.29, 0.717) is 53.6 Å². The van der Waals surface area contributed by atoms with Gasteiger partial charge in [0.2, 0.25) is 0 Å². The van der Waals surface area contributed by atoms with Gasteiger partial charge < -0.3 is 24.8 Å². The number of para-hydroxylation sites is 1. The molecule has 0 spiro atoms. The highest BCUT2D eigenvalue weighted by Gasteiger charge is 2.14. The molecule has 2 amide bonds. The van der Waals surface area contributed by atoms with Gasteiger partial charge in [0, 0.05) is 12.1 Å². The molecule has 2 N–H and O–H groups in total. The zero-order valence-electron chi connectivity index (χ0n) is 19.3. The normalized spacial score (nSPS) is 10.2. The fourth-order valence-electron chi connectivity index (χ4n) is 3.29. The summed E-state index contributed by atoms with van der Waals surface area (Å²) in [5, 5.41) is 5.73. The lowest BCUT2D eigenvalue weighted by atomic mass is 10.1. The van der Waals surface area contributed by atoms with Crippen LogP contribution in [-0.4, -0.2) is 39.2 Å². The lowest BCUT2D eigenvalue weighted by molar-refractivity contribution is 0.0955. The molecule has 0 aliphatic carbocycles. The van der Waals surface area contributed by atoms with Crippen LogP contribution in [0.4, 0.5) is 5.69 Å². The van der Waals surface area contributed by atoms with Gasteiger partial charge in [-0.1, -0.05) is 30.9 Å². The van der Waals surface area contributed by atoms with Crippen LogP contribution in [0.15, 0.2) is 79.4 Å². The number of ether oxygens (including phenoxy) is 3. The largest absolute Gasteiger partial charge is 0.493 e. The quantitative estimate of drug-likeness (QED) is 0.412.